The molecular formula is C23H22N4O. The van der Waals surface area contributed by atoms with Gasteiger partial charge in [0.2, 0.25) is 0 Å². The Morgan fingerprint density at radius 3 is 2.18 bits per heavy atom. The van der Waals surface area contributed by atoms with Crippen molar-refractivity contribution in [2.45, 2.75) is 26.2 Å². The molecule has 0 unspecified atom stereocenters. The highest BCUT2D eigenvalue weighted by atomic mass is 16.1. The Balaban J connectivity index is 1.71. The van der Waals surface area contributed by atoms with Crippen molar-refractivity contribution in [2.24, 2.45) is 0 Å². The van der Waals surface area contributed by atoms with E-state index in [-0.39, 0.29) is 11.3 Å². The number of hydrogen-bond donors (Lipinski definition) is 2. The SMILES string of the molecule is CC(C)(C)c1ccc(Nc2ccnc(C(=O)Nc3ccc(C#N)cc3)c2)cc1. The number of carbonyl (C=O) groups excluding carboxylic acids is 1. The van der Waals surface area contributed by atoms with E-state index in [0.29, 0.717) is 16.9 Å². The number of nitriles is 1. The number of amides is 1. The monoisotopic (exact) mass is 370 g/mol. The average Bonchev–Trinajstić information content (AvgIpc) is 2.68. The minimum Gasteiger partial charge on any atom is -0.355 e. The zero-order chi connectivity index (χ0) is 20.1. The molecule has 2 N–H and O–H groups in total. The molecule has 0 saturated heterocycles. The molecule has 140 valence electrons. The summed E-state index contributed by atoms with van der Waals surface area (Å²) in [6.07, 6.45) is 1.60. The molecule has 0 aliphatic heterocycles. The fourth-order valence-corrected chi connectivity index (χ4v) is 2.68. The van der Waals surface area contributed by atoms with Crippen molar-refractivity contribution in [2.75, 3.05) is 10.6 Å². The summed E-state index contributed by atoms with van der Waals surface area (Å²) in [4.78, 5) is 16.6. The molecule has 0 saturated carbocycles. The first-order chi connectivity index (χ1) is 13.3. The fourth-order valence-electron chi connectivity index (χ4n) is 2.68. The van der Waals surface area contributed by atoms with Gasteiger partial charge in [-0.3, -0.25) is 9.78 Å². The number of nitrogens with zero attached hydrogens (tertiary/aromatic N) is 2. The quantitative estimate of drug-likeness (QED) is 0.658. The largest absolute Gasteiger partial charge is 0.355 e. The van der Waals surface area contributed by atoms with Crippen LogP contribution < -0.4 is 10.6 Å². The van der Waals surface area contributed by atoms with Crippen molar-refractivity contribution in [1.82, 2.24) is 4.98 Å². The zero-order valence-electron chi connectivity index (χ0n) is 16.2. The van der Waals surface area contributed by atoms with Gasteiger partial charge in [0.1, 0.15) is 5.69 Å². The molecule has 5 nitrogen and oxygen atoms in total. The Morgan fingerprint density at radius 1 is 0.929 bits per heavy atom. The molecule has 0 spiro atoms. The van der Waals surface area contributed by atoms with Crippen LogP contribution in [0.5, 0.6) is 0 Å². The molecule has 28 heavy (non-hydrogen) atoms. The molecule has 0 radical (unpaired) electrons. The van der Waals surface area contributed by atoms with Crippen molar-refractivity contribution < 1.29 is 4.79 Å². The number of carbonyl (C=O) groups is 1. The maximum Gasteiger partial charge on any atom is 0.274 e. The third kappa shape index (κ3) is 4.74. The average molecular weight is 370 g/mol. The summed E-state index contributed by atoms with van der Waals surface area (Å²) in [6, 6.07) is 20.5. The van der Waals surface area contributed by atoms with Crippen molar-refractivity contribution in [3.63, 3.8) is 0 Å². The van der Waals surface area contributed by atoms with E-state index in [1.54, 1.807) is 36.5 Å². The van der Waals surface area contributed by atoms with E-state index < -0.39 is 0 Å². The van der Waals surface area contributed by atoms with E-state index in [9.17, 15) is 4.79 Å². The normalized spacial score (nSPS) is 10.8. The van der Waals surface area contributed by atoms with Crippen molar-refractivity contribution in [1.29, 1.82) is 5.26 Å². The second kappa shape index (κ2) is 7.93. The van der Waals surface area contributed by atoms with Crippen LogP contribution in [0.4, 0.5) is 17.1 Å². The number of anilines is 3. The van der Waals surface area contributed by atoms with E-state index in [1.165, 1.54) is 5.56 Å². The van der Waals surface area contributed by atoms with Gasteiger partial charge in [0.25, 0.3) is 5.91 Å². The van der Waals surface area contributed by atoms with Crippen LogP contribution in [-0.4, -0.2) is 10.9 Å². The van der Waals surface area contributed by atoms with Gasteiger partial charge in [-0.25, -0.2) is 0 Å². The molecule has 0 aliphatic rings. The van der Waals surface area contributed by atoms with E-state index in [2.05, 4.69) is 48.5 Å². The predicted octanol–water partition coefficient (Wildman–Crippen LogP) is 5.25. The molecule has 0 atom stereocenters. The second-order valence-electron chi connectivity index (χ2n) is 7.53. The summed E-state index contributed by atoms with van der Waals surface area (Å²) < 4.78 is 0. The van der Waals surface area contributed by atoms with Gasteiger partial charge in [0.05, 0.1) is 11.6 Å². The third-order valence-electron chi connectivity index (χ3n) is 4.30. The summed E-state index contributed by atoms with van der Waals surface area (Å²) in [5.41, 5.74) is 4.55. The number of benzene rings is 2. The van der Waals surface area contributed by atoms with Gasteiger partial charge in [0, 0.05) is 23.3 Å². The number of aromatic nitrogens is 1. The molecule has 1 heterocycles. The Bertz CT molecular complexity index is 1010. The van der Waals surface area contributed by atoms with Crippen molar-refractivity contribution >= 4 is 23.0 Å². The predicted molar refractivity (Wildman–Crippen MR) is 112 cm³/mol. The van der Waals surface area contributed by atoms with Gasteiger partial charge < -0.3 is 10.6 Å². The summed E-state index contributed by atoms with van der Waals surface area (Å²) in [6.45, 7) is 6.53. The van der Waals surface area contributed by atoms with Crippen LogP contribution in [0.2, 0.25) is 0 Å². The first-order valence-corrected chi connectivity index (χ1v) is 9.00. The lowest BCUT2D eigenvalue weighted by molar-refractivity contribution is 0.102. The molecule has 5 heteroatoms. The van der Waals surface area contributed by atoms with Gasteiger partial charge >= 0.3 is 0 Å². The number of hydrogen-bond acceptors (Lipinski definition) is 4. The summed E-state index contributed by atoms with van der Waals surface area (Å²) in [5.74, 6) is -0.309. The lowest BCUT2D eigenvalue weighted by Gasteiger charge is -2.19. The minimum atomic E-state index is -0.309. The smallest absolute Gasteiger partial charge is 0.274 e. The molecule has 0 bridgehead atoms. The number of pyridine rings is 1. The highest BCUT2D eigenvalue weighted by Gasteiger charge is 2.13. The van der Waals surface area contributed by atoms with Gasteiger partial charge in [-0.05, 0) is 59.5 Å². The Labute approximate surface area is 165 Å². The summed E-state index contributed by atoms with van der Waals surface area (Å²) in [7, 11) is 0. The molecule has 3 aromatic rings. The fraction of sp³-hybridized carbons (Fsp3) is 0.174. The highest BCUT2D eigenvalue weighted by molar-refractivity contribution is 6.03. The highest BCUT2D eigenvalue weighted by Crippen LogP contribution is 2.25. The standard InChI is InChI=1S/C23H22N4O/c1-23(2,3)17-6-10-18(11-7-17)26-20-12-13-25-21(14-20)22(28)27-19-8-4-16(15-24)5-9-19/h4-14H,1-3H3,(H,25,26)(H,27,28). The van der Waals surface area contributed by atoms with E-state index in [1.807, 2.05) is 24.3 Å². The minimum absolute atomic E-state index is 0.103. The Kier molecular flexibility index (Phi) is 5.42. The van der Waals surface area contributed by atoms with Gasteiger partial charge in [-0.2, -0.15) is 5.26 Å². The lowest BCUT2D eigenvalue weighted by atomic mass is 9.87. The maximum atomic E-state index is 12.5. The molecule has 3 rings (SSSR count). The van der Waals surface area contributed by atoms with Crippen LogP contribution in [0.1, 0.15) is 42.4 Å². The van der Waals surface area contributed by atoms with Crippen LogP contribution >= 0.6 is 0 Å². The van der Waals surface area contributed by atoms with E-state index in [4.69, 9.17) is 5.26 Å². The first-order valence-electron chi connectivity index (χ1n) is 9.00. The van der Waals surface area contributed by atoms with Crippen molar-refractivity contribution in [3.8, 4) is 6.07 Å². The second-order valence-corrected chi connectivity index (χ2v) is 7.53. The van der Waals surface area contributed by atoms with Crippen LogP contribution in [0, 0.1) is 11.3 Å². The third-order valence-corrected chi connectivity index (χ3v) is 4.30. The Hall–Kier alpha value is -3.65. The molecule has 1 aromatic heterocycles. The zero-order valence-corrected chi connectivity index (χ0v) is 16.2. The van der Waals surface area contributed by atoms with Crippen LogP contribution in [0.25, 0.3) is 0 Å². The van der Waals surface area contributed by atoms with Crippen LogP contribution in [-0.2, 0) is 5.41 Å². The van der Waals surface area contributed by atoms with Gasteiger partial charge in [-0.15, -0.1) is 0 Å². The molecule has 0 aliphatic carbocycles. The summed E-state index contributed by atoms with van der Waals surface area (Å²) >= 11 is 0. The molecule has 0 fully saturated rings. The van der Waals surface area contributed by atoms with Crippen LogP contribution in [0.15, 0.2) is 66.9 Å². The first kappa shape index (κ1) is 19.1. The van der Waals surface area contributed by atoms with Gasteiger partial charge in [0.15, 0.2) is 0 Å². The molecular weight excluding hydrogens is 348 g/mol. The number of rotatable bonds is 4. The van der Waals surface area contributed by atoms with Gasteiger partial charge in [-0.1, -0.05) is 32.9 Å². The topological polar surface area (TPSA) is 77.8 Å². The molecule has 1 amide bonds. The lowest BCUT2D eigenvalue weighted by Crippen LogP contribution is -2.13. The van der Waals surface area contributed by atoms with Crippen LogP contribution in [0.3, 0.4) is 0 Å². The van der Waals surface area contributed by atoms with E-state index >= 15 is 0 Å². The molecule has 2 aromatic carbocycles. The van der Waals surface area contributed by atoms with E-state index in [0.717, 1.165) is 11.4 Å². The number of nitrogens with one attached hydrogen (secondary N) is 2. The van der Waals surface area contributed by atoms with Crippen molar-refractivity contribution in [3.05, 3.63) is 83.7 Å². The Morgan fingerprint density at radius 2 is 1.57 bits per heavy atom. The maximum absolute atomic E-state index is 12.5. The summed E-state index contributed by atoms with van der Waals surface area (Å²) in [5, 5.41) is 14.9.